The summed E-state index contributed by atoms with van der Waals surface area (Å²) >= 11 is 0. The van der Waals surface area contributed by atoms with Gasteiger partial charge in [0.05, 0.1) is 11.9 Å². The lowest BCUT2D eigenvalue weighted by molar-refractivity contribution is -0.119. The highest BCUT2D eigenvalue weighted by atomic mass is 32.2. The molecule has 0 aliphatic rings. The summed E-state index contributed by atoms with van der Waals surface area (Å²) in [5.74, 6) is -2.51. The Balaban J connectivity index is 1.73. The molecule has 3 aromatic carbocycles. The van der Waals surface area contributed by atoms with Gasteiger partial charge in [-0.05, 0) is 34.5 Å². The lowest BCUT2D eigenvalue weighted by atomic mass is 10.1. The van der Waals surface area contributed by atoms with Gasteiger partial charge in [0, 0.05) is 12.6 Å². The van der Waals surface area contributed by atoms with Crippen LogP contribution in [-0.4, -0.2) is 27.1 Å². The second-order valence-corrected chi connectivity index (χ2v) is 8.23. The monoisotopic (exact) mass is 404 g/mol. The van der Waals surface area contributed by atoms with Crippen molar-refractivity contribution in [1.29, 1.82) is 0 Å². The van der Waals surface area contributed by atoms with Crippen molar-refractivity contribution in [2.24, 2.45) is 0 Å². The van der Waals surface area contributed by atoms with E-state index in [9.17, 15) is 22.0 Å². The van der Waals surface area contributed by atoms with Crippen molar-refractivity contribution in [3.8, 4) is 0 Å². The van der Waals surface area contributed by atoms with Crippen molar-refractivity contribution in [1.82, 2.24) is 5.32 Å². The van der Waals surface area contributed by atoms with E-state index in [4.69, 9.17) is 0 Å². The maximum Gasteiger partial charge on any atom is 0.241 e. The molecule has 28 heavy (non-hydrogen) atoms. The fourth-order valence-corrected chi connectivity index (χ4v) is 3.66. The van der Waals surface area contributed by atoms with Crippen molar-refractivity contribution < 1.29 is 22.0 Å². The van der Waals surface area contributed by atoms with Crippen LogP contribution in [0, 0.1) is 11.6 Å². The predicted molar refractivity (Wildman–Crippen MR) is 104 cm³/mol. The number of sulfonamides is 1. The van der Waals surface area contributed by atoms with Gasteiger partial charge in [0.15, 0.2) is 0 Å². The van der Waals surface area contributed by atoms with Crippen molar-refractivity contribution in [2.75, 3.05) is 17.1 Å². The maximum absolute atomic E-state index is 14.0. The van der Waals surface area contributed by atoms with Crippen LogP contribution in [0.1, 0.15) is 5.56 Å². The minimum atomic E-state index is -3.95. The Morgan fingerprint density at radius 2 is 1.71 bits per heavy atom. The van der Waals surface area contributed by atoms with E-state index in [1.807, 2.05) is 42.5 Å². The molecule has 0 saturated heterocycles. The Morgan fingerprint density at radius 1 is 1.00 bits per heavy atom. The molecule has 0 aliphatic heterocycles. The standard InChI is InChI=1S/C20H18F2N2O3S/c1-28(26,27)24(19-9-8-17(21)11-18(19)22)13-20(25)23-12-14-6-7-15-4-2-3-5-16(15)10-14/h2-11H,12-13H2,1H3,(H,23,25). The number of carbonyl (C=O) groups is 1. The van der Waals surface area contributed by atoms with Gasteiger partial charge in [-0.3, -0.25) is 9.10 Å². The molecule has 0 heterocycles. The number of halogens is 2. The zero-order chi connectivity index (χ0) is 20.3. The number of anilines is 1. The van der Waals surface area contributed by atoms with E-state index in [1.165, 1.54) is 0 Å². The number of rotatable bonds is 6. The third kappa shape index (κ3) is 4.64. The molecule has 0 unspecified atom stereocenters. The Morgan fingerprint density at radius 3 is 2.39 bits per heavy atom. The van der Waals surface area contributed by atoms with Crippen LogP contribution in [-0.2, 0) is 21.4 Å². The summed E-state index contributed by atoms with van der Waals surface area (Å²) in [7, 11) is -3.95. The molecule has 0 spiro atoms. The van der Waals surface area contributed by atoms with Crippen LogP contribution >= 0.6 is 0 Å². The topological polar surface area (TPSA) is 66.5 Å². The zero-order valence-corrected chi connectivity index (χ0v) is 15.8. The summed E-state index contributed by atoms with van der Waals surface area (Å²) in [6, 6.07) is 16.0. The van der Waals surface area contributed by atoms with Crippen LogP contribution < -0.4 is 9.62 Å². The highest BCUT2D eigenvalue weighted by molar-refractivity contribution is 7.92. The SMILES string of the molecule is CS(=O)(=O)N(CC(=O)NCc1ccc2ccccc2c1)c1ccc(F)cc1F. The van der Waals surface area contributed by atoms with Crippen LogP contribution in [0.15, 0.2) is 60.7 Å². The van der Waals surface area contributed by atoms with Crippen molar-refractivity contribution in [3.05, 3.63) is 77.9 Å². The van der Waals surface area contributed by atoms with E-state index in [0.29, 0.717) is 10.4 Å². The van der Waals surface area contributed by atoms with Gasteiger partial charge < -0.3 is 5.32 Å². The Kier molecular flexibility index (Phi) is 5.60. The number of amides is 1. The number of carbonyl (C=O) groups excluding carboxylic acids is 1. The summed E-state index contributed by atoms with van der Waals surface area (Å²) < 4.78 is 51.7. The minimum Gasteiger partial charge on any atom is -0.350 e. The number of hydrogen-bond acceptors (Lipinski definition) is 3. The van der Waals surface area contributed by atoms with Crippen molar-refractivity contribution in [3.63, 3.8) is 0 Å². The van der Waals surface area contributed by atoms with Crippen LogP contribution in [0.3, 0.4) is 0 Å². The summed E-state index contributed by atoms with van der Waals surface area (Å²) in [6.07, 6.45) is 0.854. The number of nitrogens with one attached hydrogen (secondary N) is 1. The Hall–Kier alpha value is -3.00. The van der Waals surface area contributed by atoms with Gasteiger partial charge in [-0.1, -0.05) is 36.4 Å². The van der Waals surface area contributed by atoms with Gasteiger partial charge in [-0.15, -0.1) is 0 Å². The van der Waals surface area contributed by atoms with Gasteiger partial charge in [0.1, 0.15) is 18.2 Å². The summed E-state index contributed by atoms with van der Waals surface area (Å²) in [5.41, 5.74) is 0.454. The molecule has 146 valence electrons. The normalized spacial score (nSPS) is 11.4. The summed E-state index contributed by atoms with van der Waals surface area (Å²) in [6.45, 7) is -0.428. The fourth-order valence-electron chi connectivity index (χ4n) is 2.80. The van der Waals surface area contributed by atoms with E-state index < -0.39 is 34.1 Å². The molecule has 1 amide bonds. The molecule has 0 fully saturated rings. The third-order valence-electron chi connectivity index (χ3n) is 4.17. The van der Waals surface area contributed by atoms with E-state index in [0.717, 1.165) is 34.7 Å². The lowest BCUT2D eigenvalue weighted by Crippen LogP contribution is -2.40. The van der Waals surface area contributed by atoms with E-state index in [1.54, 1.807) is 0 Å². The molecule has 0 aliphatic carbocycles. The van der Waals surface area contributed by atoms with E-state index >= 15 is 0 Å². The van der Waals surface area contributed by atoms with Crippen LogP contribution in [0.2, 0.25) is 0 Å². The van der Waals surface area contributed by atoms with E-state index in [-0.39, 0.29) is 12.2 Å². The second-order valence-electron chi connectivity index (χ2n) is 6.32. The molecule has 1 N–H and O–H groups in total. The number of hydrogen-bond donors (Lipinski definition) is 1. The number of nitrogens with zero attached hydrogens (tertiary/aromatic N) is 1. The Bertz CT molecular complexity index is 1130. The largest absolute Gasteiger partial charge is 0.350 e. The van der Waals surface area contributed by atoms with Crippen LogP contribution in [0.5, 0.6) is 0 Å². The molecule has 0 bridgehead atoms. The molecule has 0 atom stereocenters. The molecular weight excluding hydrogens is 386 g/mol. The maximum atomic E-state index is 14.0. The molecule has 3 rings (SSSR count). The third-order valence-corrected chi connectivity index (χ3v) is 5.30. The Labute approximate surface area is 161 Å². The fraction of sp³-hybridized carbons (Fsp3) is 0.150. The van der Waals surface area contributed by atoms with Crippen LogP contribution in [0.25, 0.3) is 10.8 Å². The van der Waals surface area contributed by atoms with Gasteiger partial charge >= 0.3 is 0 Å². The first kappa shape index (κ1) is 19.8. The number of benzene rings is 3. The molecule has 0 saturated carbocycles. The average Bonchev–Trinajstić information content (AvgIpc) is 2.64. The highest BCUT2D eigenvalue weighted by Crippen LogP contribution is 2.22. The molecule has 8 heteroatoms. The molecule has 5 nitrogen and oxygen atoms in total. The van der Waals surface area contributed by atoms with Gasteiger partial charge in [-0.2, -0.15) is 0 Å². The highest BCUT2D eigenvalue weighted by Gasteiger charge is 2.23. The number of fused-ring (bicyclic) bond motifs is 1. The molecule has 0 aromatic heterocycles. The summed E-state index contributed by atoms with van der Waals surface area (Å²) in [4.78, 5) is 12.3. The molecule has 0 radical (unpaired) electrons. The first-order valence-electron chi connectivity index (χ1n) is 8.41. The first-order valence-corrected chi connectivity index (χ1v) is 10.3. The van der Waals surface area contributed by atoms with Gasteiger partial charge in [0.2, 0.25) is 15.9 Å². The molecule has 3 aromatic rings. The average molecular weight is 404 g/mol. The van der Waals surface area contributed by atoms with E-state index in [2.05, 4.69) is 5.32 Å². The minimum absolute atomic E-state index is 0.188. The zero-order valence-electron chi connectivity index (χ0n) is 15.0. The second kappa shape index (κ2) is 7.93. The molecular formula is C20H18F2N2O3S. The quantitative estimate of drug-likeness (QED) is 0.686. The van der Waals surface area contributed by atoms with Gasteiger partial charge in [0.25, 0.3) is 0 Å². The lowest BCUT2D eigenvalue weighted by Gasteiger charge is -2.22. The summed E-state index contributed by atoms with van der Waals surface area (Å²) in [5, 5.41) is 4.70. The van der Waals surface area contributed by atoms with Gasteiger partial charge in [-0.25, -0.2) is 17.2 Å². The predicted octanol–water partition coefficient (Wildman–Crippen LogP) is 3.20. The van der Waals surface area contributed by atoms with Crippen LogP contribution in [0.4, 0.5) is 14.5 Å². The first-order chi connectivity index (χ1) is 13.2. The van der Waals surface area contributed by atoms with Crippen molar-refractivity contribution in [2.45, 2.75) is 6.54 Å². The van der Waals surface area contributed by atoms with Crippen molar-refractivity contribution >= 4 is 32.4 Å². The smallest absolute Gasteiger partial charge is 0.241 e.